The van der Waals surface area contributed by atoms with E-state index < -0.39 is 0 Å². The van der Waals surface area contributed by atoms with Crippen LogP contribution in [0.4, 0.5) is 5.69 Å². The topological polar surface area (TPSA) is 57.8 Å². The lowest BCUT2D eigenvalue weighted by Crippen LogP contribution is -2.18. The van der Waals surface area contributed by atoms with Crippen LogP contribution in [0.15, 0.2) is 53.1 Å². The molecule has 1 N–H and O–H groups in total. The molecule has 0 unspecified atom stereocenters. The third kappa shape index (κ3) is 3.13. The van der Waals surface area contributed by atoms with E-state index in [1.54, 1.807) is 10.8 Å². The fraction of sp³-hybridized carbons (Fsp3) is 0.111. The predicted molar refractivity (Wildman–Crippen MR) is 94.2 cm³/mol. The summed E-state index contributed by atoms with van der Waals surface area (Å²) in [6, 6.07) is 15.5. The quantitative estimate of drug-likeness (QED) is 0.753. The van der Waals surface area contributed by atoms with E-state index in [0.29, 0.717) is 5.56 Å². The van der Waals surface area contributed by atoms with Gasteiger partial charge < -0.3 is 9.88 Å². The zero-order valence-corrected chi connectivity index (χ0v) is 14.1. The molecule has 0 spiro atoms. The summed E-state index contributed by atoms with van der Waals surface area (Å²) in [6.07, 6.45) is 1.72. The molecule has 0 saturated heterocycles. The monoisotopic (exact) mass is 367 g/mol. The van der Waals surface area contributed by atoms with Gasteiger partial charge in [-0.15, -0.1) is 0 Å². The number of nitrogens with one attached hydrogen (secondary N) is 1. The van der Waals surface area contributed by atoms with Crippen LogP contribution in [0.25, 0.3) is 10.9 Å². The summed E-state index contributed by atoms with van der Waals surface area (Å²) < 4.78 is 2.78. The Morgan fingerprint density at radius 1 is 1.30 bits per heavy atom. The van der Waals surface area contributed by atoms with Crippen molar-refractivity contribution < 1.29 is 4.79 Å². The number of amides is 1. The maximum absolute atomic E-state index is 12.3. The number of aryl methyl sites for hydroxylation is 1. The number of rotatable bonds is 3. The van der Waals surface area contributed by atoms with Gasteiger partial charge in [0.15, 0.2) is 0 Å². The number of nitrogens with zero attached hydrogens (tertiary/aromatic N) is 2. The molecule has 0 saturated carbocycles. The molecule has 0 atom stereocenters. The van der Waals surface area contributed by atoms with Crippen molar-refractivity contribution in [1.29, 1.82) is 5.26 Å². The summed E-state index contributed by atoms with van der Waals surface area (Å²) in [6.45, 7) is 2.11. The highest BCUT2D eigenvalue weighted by atomic mass is 79.9. The van der Waals surface area contributed by atoms with Crippen LogP contribution in [0.3, 0.4) is 0 Å². The van der Waals surface area contributed by atoms with E-state index in [1.165, 1.54) is 0 Å². The molecule has 3 rings (SSSR count). The minimum atomic E-state index is -0.124. The first-order valence-electron chi connectivity index (χ1n) is 7.12. The minimum absolute atomic E-state index is 0.124. The highest BCUT2D eigenvalue weighted by Gasteiger charge is 2.11. The molecule has 1 aromatic heterocycles. The SMILES string of the molecule is Cc1cc(Br)ccc1NC(=O)Cn1cc(C#N)c2ccccc21. The molecule has 0 bridgehead atoms. The first-order valence-corrected chi connectivity index (χ1v) is 7.92. The first kappa shape index (κ1) is 15.3. The van der Waals surface area contributed by atoms with Gasteiger partial charge in [-0.3, -0.25) is 4.79 Å². The number of hydrogen-bond donors (Lipinski definition) is 1. The van der Waals surface area contributed by atoms with Crippen LogP contribution >= 0.6 is 15.9 Å². The van der Waals surface area contributed by atoms with Gasteiger partial charge in [0.2, 0.25) is 5.91 Å². The standard InChI is InChI=1S/C18H14BrN3O/c1-12-8-14(19)6-7-16(12)21-18(23)11-22-10-13(9-20)15-4-2-3-5-17(15)22/h2-8,10H,11H2,1H3,(H,21,23). The van der Waals surface area contributed by atoms with Crippen LogP contribution in [-0.2, 0) is 11.3 Å². The maximum Gasteiger partial charge on any atom is 0.244 e. The van der Waals surface area contributed by atoms with E-state index in [9.17, 15) is 10.1 Å². The highest BCUT2D eigenvalue weighted by molar-refractivity contribution is 9.10. The molecule has 0 aliphatic heterocycles. The Balaban J connectivity index is 1.85. The van der Waals surface area contributed by atoms with Crippen LogP contribution in [0.5, 0.6) is 0 Å². The Bertz CT molecular complexity index is 937. The molecule has 2 aromatic carbocycles. The average Bonchev–Trinajstić information content (AvgIpc) is 2.88. The van der Waals surface area contributed by atoms with Crippen LogP contribution < -0.4 is 5.32 Å². The molecular weight excluding hydrogens is 354 g/mol. The van der Waals surface area contributed by atoms with Gasteiger partial charge in [-0.25, -0.2) is 0 Å². The van der Waals surface area contributed by atoms with Crippen molar-refractivity contribution in [2.45, 2.75) is 13.5 Å². The second-order valence-corrected chi connectivity index (χ2v) is 6.22. The number of nitriles is 1. The summed E-state index contributed by atoms with van der Waals surface area (Å²) in [5.74, 6) is -0.124. The van der Waals surface area contributed by atoms with E-state index in [0.717, 1.165) is 26.6 Å². The van der Waals surface area contributed by atoms with Crippen LogP contribution in [0, 0.1) is 18.3 Å². The summed E-state index contributed by atoms with van der Waals surface area (Å²) in [4.78, 5) is 12.3. The smallest absolute Gasteiger partial charge is 0.244 e. The minimum Gasteiger partial charge on any atom is -0.337 e. The number of aromatic nitrogens is 1. The van der Waals surface area contributed by atoms with E-state index in [1.807, 2.05) is 49.4 Å². The number of carbonyl (C=O) groups is 1. The van der Waals surface area contributed by atoms with Gasteiger partial charge in [-0.2, -0.15) is 5.26 Å². The number of hydrogen-bond acceptors (Lipinski definition) is 2. The zero-order valence-electron chi connectivity index (χ0n) is 12.5. The van der Waals surface area contributed by atoms with E-state index in [2.05, 4.69) is 27.3 Å². The van der Waals surface area contributed by atoms with Crippen molar-refractivity contribution in [1.82, 2.24) is 4.57 Å². The molecule has 23 heavy (non-hydrogen) atoms. The lowest BCUT2D eigenvalue weighted by Gasteiger charge is -2.10. The normalized spacial score (nSPS) is 10.5. The van der Waals surface area contributed by atoms with Crippen molar-refractivity contribution >= 4 is 38.4 Å². The predicted octanol–water partition coefficient (Wildman–Crippen LogP) is 4.22. The first-order chi connectivity index (χ1) is 11.1. The summed E-state index contributed by atoms with van der Waals surface area (Å²) >= 11 is 3.41. The van der Waals surface area contributed by atoms with Gasteiger partial charge in [-0.1, -0.05) is 34.1 Å². The van der Waals surface area contributed by atoms with Gasteiger partial charge in [0.25, 0.3) is 0 Å². The number of carbonyl (C=O) groups excluding carboxylic acids is 1. The van der Waals surface area contributed by atoms with Gasteiger partial charge in [0.1, 0.15) is 12.6 Å². The molecule has 114 valence electrons. The van der Waals surface area contributed by atoms with Gasteiger partial charge in [0, 0.05) is 27.3 Å². The van der Waals surface area contributed by atoms with Crippen LogP contribution in [-0.4, -0.2) is 10.5 Å². The second-order valence-electron chi connectivity index (χ2n) is 5.31. The Morgan fingerprint density at radius 3 is 2.83 bits per heavy atom. The van der Waals surface area contributed by atoms with E-state index >= 15 is 0 Å². The number of halogens is 1. The van der Waals surface area contributed by atoms with E-state index in [4.69, 9.17) is 0 Å². The van der Waals surface area contributed by atoms with Gasteiger partial charge in [-0.05, 0) is 36.8 Å². The fourth-order valence-electron chi connectivity index (χ4n) is 2.58. The Morgan fingerprint density at radius 2 is 2.09 bits per heavy atom. The largest absolute Gasteiger partial charge is 0.337 e. The molecule has 0 aliphatic carbocycles. The molecule has 3 aromatic rings. The van der Waals surface area contributed by atoms with Crippen molar-refractivity contribution in [3.8, 4) is 6.07 Å². The third-order valence-corrected chi connectivity index (χ3v) is 4.18. The summed E-state index contributed by atoms with van der Waals surface area (Å²) in [5, 5.41) is 13.0. The molecule has 0 radical (unpaired) electrons. The molecular formula is C18H14BrN3O. The Kier molecular flexibility index (Phi) is 4.18. The molecule has 1 heterocycles. The van der Waals surface area contributed by atoms with Crippen molar-refractivity contribution in [2.75, 3.05) is 5.32 Å². The summed E-state index contributed by atoms with van der Waals surface area (Å²) in [7, 11) is 0. The molecule has 1 amide bonds. The molecule has 0 fully saturated rings. The highest BCUT2D eigenvalue weighted by Crippen LogP contribution is 2.22. The van der Waals surface area contributed by atoms with Crippen molar-refractivity contribution in [3.05, 3.63) is 64.3 Å². The fourth-order valence-corrected chi connectivity index (χ4v) is 3.05. The number of anilines is 1. The zero-order chi connectivity index (χ0) is 16.4. The number of para-hydroxylation sites is 1. The molecule has 4 nitrogen and oxygen atoms in total. The van der Waals surface area contributed by atoms with E-state index in [-0.39, 0.29) is 12.5 Å². The second kappa shape index (κ2) is 6.27. The lowest BCUT2D eigenvalue weighted by atomic mass is 10.2. The lowest BCUT2D eigenvalue weighted by molar-refractivity contribution is -0.116. The summed E-state index contributed by atoms with van der Waals surface area (Å²) in [5.41, 5.74) is 3.23. The molecule has 5 heteroatoms. The number of fused-ring (bicyclic) bond motifs is 1. The van der Waals surface area contributed by atoms with Crippen molar-refractivity contribution in [2.24, 2.45) is 0 Å². The Labute approximate surface area is 142 Å². The van der Waals surface area contributed by atoms with Gasteiger partial charge in [0.05, 0.1) is 5.56 Å². The van der Waals surface area contributed by atoms with Crippen LogP contribution in [0.1, 0.15) is 11.1 Å². The number of benzene rings is 2. The third-order valence-electron chi connectivity index (χ3n) is 3.69. The van der Waals surface area contributed by atoms with Crippen LogP contribution in [0.2, 0.25) is 0 Å². The van der Waals surface area contributed by atoms with Crippen molar-refractivity contribution in [3.63, 3.8) is 0 Å². The Hall–Kier alpha value is -2.58. The maximum atomic E-state index is 12.3. The average molecular weight is 368 g/mol. The van der Waals surface area contributed by atoms with Gasteiger partial charge >= 0.3 is 0 Å². The molecule has 0 aliphatic rings.